The Morgan fingerprint density at radius 1 is 1.00 bits per heavy atom. The normalized spacial score (nSPS) is 12.3. The Bertz CT molecular complexity index is 732. The third-order valence-electron chi connectivity index (χ3n) is 3.68. The predicted octanol–water partition coefficient (Wildman–Crippen LogP) is 2.96. The summed E-state index contributed by atoms with van der Waals surface area (Å²) < 4.78 is 27.3. The average molecular weight is 319 g/mol. The lowest BCUT2D eigenvalue weighted by Gasteiger charge is -2.25. The number of aryl methyl sites for hydroxylation is 1. The van der Waals surface area contributed by atoms with Crippen molar-refractivity contribution in [2.45, 2.75) is 31.1 Å². The van der Waals surface area contributed by atoms with Crippen molar-refractivity contribution in [1.29, 1.82) is 0 Å². The number of rotatable bonds is 5. The molecule has 0 aliphatic carbocycles. The van der Waals surface area contributed by atoms with Crippen LogP contribution in [-0.2, 0) is 15.4 Å². The number of nitrogens with one attached hydrogen (secondary N) is 1. The minimum atomic E-state index is -3.53. The van der Waals surface area contributed by atoms with Crippen molar-refractivity contribution < 1.29 is 13.5 Å². The summed E-state index contributed by atoms with van der Waals surface area (Å²) in [6.07, 6.45) is 0. The lowest BCUT2D eigenvalue weighted by molar-refractivity contribution is 0.471. The Balaban J connectivity index is 2.13. The molecule has 2 N–H and O–H groups in total. The van der Waals surface area contributed by atoms with Gasteiger partial charge in [0, 0.05) is 12.0 Å². The van der Waals surface area contributed by atoms with Gasteiger partial charge >= 0.3 is 0 Å². The Labute approximate surface area is 131 Å². The van der Waals surface area contributed by atoms with Crippen LogP contribution in [0.5, 0.6) is 5.75 Å². The molecule has 0 amide bonds. The highest BCUT2D eigenvalue weighted by Crippen LogP contribution is 2.24. The second kappa shape index (κ2) is 6.10. The summed E-state index contributed by atoms with van der Waals surface area (Å²) in [6, 6.07) is 13.6. The van der Waals surface area contributed by atoms with Crippen LogP contribution < -0.4 is 4.72 Å². The van der Waals surface area contributed by atoms with E-state index in [1.165, 1.54) is 0 Å². The van der Waals surface area contributed by atoms with Crippen molar-refractivity contribution in [3.05, 3.63) is 59.7 Å². The van der Waals surface area contributed by atoms with E-state index in [2.05, 4.69) is 4.72 Å². The molecule has 2 aromatic rings. The van der Waals surface area contributed by atoms with Crippen LogP contribution in [0.15, 0.2) is 53.4 Å². The summed E-state index contributed by atoms with van der Waals surface area (Å²) >= 11 is 0. The fourth-order valence-electron chi connectivity index (χ4n) is 2.09. The molecule has 0 aromatic heterocycles. The van der Waals surface area contributed by atoms with E-state index in [9.17, 15) is 13.5 Å². The maximum absolute atomic E-state index is 12.3. The Kier molecular flexibility index (Phi) is 4.58. The Morgan fingerprint density at radius 2 is 1.55 bits per heavy atom. The lowest BCUT2D eigenvalue weighted by atomic mass is 9.85. The van der Waals surface area contributed by atoms with E-state index in [0.29, 0.717) is 0 Å². The fourth-order valence-corrected chi connectivity index (χ4v) is 3.30. The highest BCUT2D eigenvalue weighted by Gasteiger charge is 2.24. The van der Waals surface area contributed by atoms with Crippen molar-refractivity contribution in [3.63, 3.8) is 0 Å². The molecule has 0 atom stereocenters. The highest BCUT2D eigenvalue weighted by molar-refractivity contribution is 7.89. The van der Waals surface area contributed by atoms with Gasteiger partial charge < -0.3 is 5.11 Å². The molecule has 0 bridgehead atoms. The molecule has 0 fully saturated rings. The number of phenols is 1. The zero-order valence-corrected chi connectivity index (χ0v) is 13.8. The largest absolute Gasteiger partial charge is 0.508 e. The van der Waals surface area contributed by atoms with Gasteiger partial charge in [-0.1, -0.05) is 43.7 Å². The van der Waals surface area contributed by atoms with E-state index in [1.807, 2.05) is 20.8 Å². The summed E-state index contributed by atoms with van der Waals surface area (Å²) in [5, 5.41) is 9.34. The van der Waals surface area contributed by atoms with Crippen molar-refractivity contribution >= 4 is 10.0 Å². The molecule has 0 radical (unpaired) electrons. The molecule has 22 heavy (non-hydrogen) atoms. The van der Waals surface area contributed by atoms with E-state index >= 15 is 0 Å². The Morgan fingerprint density at radius 3 is 2.09 bits per heavy atom. The summed E-state index contributed by atoms with van der Waals surface area (Å²) in [6.45, 7) is 6.10. The molecular weight excluding hydrogens is 298 g/mol. The first-order chi connectivity index (χ1) is 10.2. The topological polar surface area (TPSA) is 66.4 Å². The van der Waals surface area contributed by atoms with Crippen LogP contribution in [0.4, 0.5) is 0 Å². The molecule has 5 heteroatoms. The van der Waals surface area contributed by atoms with Gasteiger partial charge in [-0.3, -0.25) is 0 Å². The molecule has 0 saturated carbocycles. The fraction of sp³-hybridized carbons (Fsp3) is 0.294. The third-order valence-corrected chi connectivity index (χ3v) is 5.10. The van der Waals surface area contributed by atoms with Crippen LogP contribution >= 0.6 is 0 Å². The van der Waals surface area contributed by atoms with Crippen LogP contribution in [0.25, 0.3) is 0 Å². The smallest absolute Gasteiger partial charge is 0.240 e. The molecule has 4 nitrogen and oxygen atoms in total. The second-order valence-corrected chi connectivity index (χ2v) is 7.84. The van der Waals surface area contributed by atoms with Gasteiger partial charge in [-0.2, -0.15) is 0 Å². The van der Waals surface area contributed by atoms with Gasteiger partial charge in [0.1, 0.15) is 5.75 Å². The number of hydrogen-bond donors (Lipinski definition) is 2. The average Bonchev–Trinajstić information content (AvgIpc) is 2.46. The van der Waals surface area contributed by atoms with Crippen LogP contribution in [0.3, 0.4) is 0 Å². The molecule has 0 spiro atoms. The maximum Gasteiger partial charge on any atom is 0.240 e. The van der Waals surface area contributed by atoms with E-state index in [-0.39, 0.29) is 22.6 Å². The number of sulfonamides is 1. The maximum atomic E-state index is 12.3. The molecule has 0 unspecified atom stereocenters. The summed E-state index contributed by atoms with van der Waals surface area (Å²) in [4.78, 5) is 0.264. The molecule has 0 heterocycles. The first kappa shape index (κ1) is 16.5. The molecule has 0 aliphatic heterocycles. The molecule has 118 valence electrons. The minimum Gasteiger partial charge on any atom is -0.508 e. The first-order valence-corrected chi connectivity index (χ1v) is 8.55. The molecule has 0 aliphatic rings. The van der Waals surface area contributed by atoms with Gasteiger partial charge in [-0.15, -0.1) is 0 Å². The highest BCUT2D eigenvalue weighted by atomic mass is 32.2. The number of benzene rings is 2. The Hall–Kier alpha value is -1.85. The summed E-state index contributed by atoms with van der Waals surface area (Å²) in [5.41, 5.74) is 1.59. The van der Waals surface area contributed by atoms with Crippen LogP contribution in [0.1, 0.15) is 25.0 Å². The molecular formula is C17H21NO3S. The van der Waals surface area contributed by atoms with E-state index < -0.39 is 10.0 Å². The van der Waals surface area contributed by atoms with Gasteiger partial charge in [-0.25, -0.2) is 13.1 Å². The molecule has 2 rings (SSSR count). The van der Waals surface area contributed by atoms with Crippen molar-refractivity contribution in [2.24, 2.45) is 0 Å². The van der Waals surface area contributed by atoms with Gasteiger partial charge in [0.05, 0.1) is 4.90 Å². The van der Waals surface area contributed by atoms with E-state index in [4.69, 9.17) is 0 Å². The zero-order valence-electron chi connectivity index (χ0n) is 13.0. The SMILES string of the molecule is Cc1ccc(S(=O)(=O)NCC(C)(C)c2ccc(O)cc2)cc1. The molecule has 2 aromatic carbocycles. The predicted molar refractivity (Wildman–Crippen MR) is 87.5 cm³/mol. The number of aromatic hydroxyl groups is 1. The zero-order chi connectivity index (χ0) is 16.4. The van der Waals surface area contributed by atoms with E-state index in [0.717, 1.165) is 11.1 Å². The van der Waals surface area contributed by atoms with Crippen molar-refractivity contribution in [1.82, 2.24) is 4.72 Å². The van der Waals surface area contributed by atoms with Gasteiger partial charge in [0.25, 0.3) is 0 Å². The first-order valence-electron chi connectivity index (χ1n) is 7.07. The number of phenolic OH excluding ortho intramolecular Hbond substituents is 1. The van der Waals surface area contributed by atoms with Crippen LogP contribution in [0.2, 0.25) is 0 Å². The monoisotopic (exact) mass is 319 g/mol. The van der Waals surface area contributed by atoms with Crippen molar-refractivity contribution in [2.75, 3.05) is 6.54 Å². The number of hydrogen-bond acceptors (Lipinski definition) is 3. The molecule has 0 saturated heterocycles. The van der Waals surface area contributed by atoms with Gasteiger partial charge in [0.15, 0.2) is 0 Å². The minimum absolute atomic E-state index is 0.194. The van der Waals surface area contributed by atoms with Crippen LogP contribution in [-0.4, -0.2) is 20.1 Å². The summed E-state index contributed by atoms with van der Waals surface area (Å²) in [7, 11) is -3.53. The quantitative estimate of drug-likeness (QED) is 0.890. The standard InChI is InChI=1S/C17H21NO3S/c1-13-4-10-16(11-5-13)22(20,21)18-12-17(2,3)14-6-8-15(19)9-7-14/h4-11,18-19H,12H2,1-3H3. The van der Waals surface area contributed by atoms with Gasteiger partial charge in [-0.05, 0) is 36.8 Å². The second-order valence-electron chi connectivity index (χ2n) is 6.07. The summed E-state index contributed by atoms with van der Waals surface area (Å²) in [5.74, 6) is 0.194. The third kappa shape index (κ3) is 3.87. The van der Waals surface area contributed by atoms with E-state index in [1.54, 1.807) is 48.5 Å². The van der Waals surface area contributed by atoms with Crippen molar-refractivity contribution in [3.8, 4) is 5.75 Å². The van der Waals surface area contributed by atoms with Crippen LogP contribution in [0, 0.1) is 6.92 Å². The van der Waals surface area contributed by atoms with Gasteiger partial charge in [0.2, 0.25) is 10.0 Å². The lowest BCUT2D eigenvalue weighted by Crippen LogP contribution is -2.36.